The molecule has 0 bridgehead atoms. The Labute approximate surface area is 131 Å². The fourth-order valence-electron chi connectivity index (χ4n) is 2.11. The molecule has 1 heterocycles. The molecule has 1 aliphatic heterocycles. The number of ketones is 1. The molecule has 108 valence electrons. The molecule has 2 aromatic rings. The lowest BCUT2D eigenvalue weighted by Crippen LogP contribution is -2.22. The standard InChI is InChI=1S/C16H14BrNO3/c17-13-4-2-12(3-5-13)14(19)9-18-8-11-1-6-15-16(7-11)21-10-20-15/h1-7,18H,8-10H2. The summed E-state index contributed by atoms with van der Waals surface area (Å²) in [6, 6.07) is 13.1. The molecule has 2 aromatic carbocycles. The lowest BCUT2D eigenvalue weighted by molar-refractivity contribution is 0.0991. The number of nitrogens with one attached hydrogen (secondary N) is 1. The Morgan fingerprint density at radius 2 is 1.86 bits per heavy atom. The maximum Gasteiger partial charge on any atom is 0.231 e. The van der Waals surface area contributed by atoms with Crippen LogP contribution in [-0.2, 0) is 6.54 Å². The Morgan fingerprint density at radius 1 is 1.10 bits per heavy atom. The van der Waals surface area contributed by atoms with Crippen molar-refractivity contribution >= 4 is 21.7 Å². The molecule has 5 heteroatoms. The molecule has 4 nitrogen and oxygen atoms in total. The van der Waals surface area contributed by atoms with Crippen LogP contribution in [0.3, 0.4) is 0 Å². The predicted molar refractivity (Wildman–Crippen MR) is 82.7 cm³/mol. The topological polar surface area (TPSA) is 47.6 Å². The van der Waals surface area contributed by atoms with Crippen molar-refractivity contribution in [1.82, 2.24) is 5.32 Å². The SMILES string of the molecule is O=C(CNCc1ccc2c(c1)OCO2)c1ccc(Br)cc1. The van der Waals surface area contributed by atoms with Crippen molar-refractivity contribution in [2.45, 2.75) is 6.54 Å². The molecule has 21 heavy (non-hydrogen) atoms. The largest absolute Gasteiger partial charge is 0.454 e. The highest BCUT2D eigenvalue weighted by molar-refractivity contribution is 9.10. The van der Waals surface area contributed by atoms with E-state index in [1.165, 1.54) is 0 Å². The third-order valence-electron chi connectivity index (χ3n) is 3.22. The second-order valence-electron chi connectivity index (χ2n) is 4.72. The zero-order valence-electron chi connectivity index (χ0n) is 11.3. The van der Waals surface area contributed by atoms with Gasteiger partial charge in [-0.05, 0) is 29.8 Å². The van der Waals surface area contributed by atoms with E-state index in [2.05, 4.69) is 21.2 Å². The Kier molecular flexibility index (Phi) is 4.22. The minimum absolute atomic E-state index is 0.0724. The van der Waals surface area contributed by atoms with E-state index >= 15 is 0 Å². The summed E-state index contributed by atoms with van der Waals surface area (Å²) in [7, 11) is 0. The van der Waals surface area contributed by atoms with E-state index in [9.17, 15) is 4.79 Å². The van der Waals surface area contributed by atoms with Gasteiger partial charge in [0, 0.05) is 16.6 Å². The number of rotatable bonds is 5. The fourth-order valence-corrected chi connectivity index (χ4v) is 2.37. The third kappa shape index (κ3) is 3.43. The van der Waals surface area contributed by atoms with E-state index < -0.39 is 0 Å². The van der Waals surface area contributed by atoms with Crippen LogP contribution in [0.15, 0.2) is 46.9 Å². The lowest BCUT2D eigenvalue weighted by atomic mass is 10.1. The fraction of sp³-hybridized carbons (Fsp3) is 0.188. The first-order valence-electron chi connectivity index (χ1n) is 6.60. The second-order valence-corrected chi connectivity index (χ2v) is 5.64. The molecule has 0 spiro atoms. The quantitative estimate of drug-likeness (QED) is 0.844. The average molecular weight is 348 g/mol. The summed E-state index contributed by atoms with van der Waals surface area (Å²) < 4.78 is 11.6. The summed E-state index contributed by atoms with van der Waals surface area (Å²) in [6.07, 6.45) is 0. The summed E-state index contributed by atoms with van der Waals surface area (Å²) in [6.45, 7) is 1.18. The first-order chi connectivity index (χ1) is 10.2. The molecule has 0 saturated heterocycles. The number of hydrogen-bond acceptors (Lipinski definition) is 4. The summed E-state index contributed by atoms with van der Waals surface area (Å²) in [4.78, 5) is 12.0. The number of ether oxygens (including phenoxy) is 2. The molecule has 1 aliphatic rings. The first kappa shape index (κ1) is 14.1. The number of Topliss-reactive ketones (excluding diaryl/α,β-unsaturated/α-hetero) is 1. The molecular formula is C16H14BrNO3. The number of benzene rings is 2. The molecule has 0 fully saturated rings. The van der Waals surface area contributed by atoms with Gasteiger partial charge >= 0.3 is 0 Å². The van der Waals surface area contributed by atoms with Crippen LogP contribution in [0.5, 0.6) is 11.5 Å². The molecule has 0 unspecified atom stereocenters. The summed E-state index contributed by atoms with van der Waals surface area (Å²) in [5.41, 5.74) is 1.76. The molecule has 3 rings (SSSR count). The van der Waals surface area contributed by atoms with Gasteiger partial charge in [-0.25, -0.2) is 0 Å². The molecule has 1 N–H and O–H groups in total. The highest BCUT2D eigenvalue weighted by atomic mass is 79.9. The van der Waals surface area contributed by atoms with Crippen LogP contribution in [-0.4, -0.2) is 19.1 Å². The molecule has 0 atom stereocenters. The van der Waals surface area contributed by atoms with Gasteiger partial charge in [0.2, 0.25) is 6.79 Å². The Hall–Kier alpha value is -1.85. The highest BCUT2D eigenvalue weighted by Crippen LogP contribution is 2.32. The van der Waals surface area contributed by atoms with Gasteiger partial charge < -0.3 is 14.8 Å². The smallest absolute Gasteiger partial charge is 0.231 e. The first-order valence-corrected chi connectivity index (χ1v) is 7.40. The number of carbonyl (C=O) groups is 1. The van der Waals surface area contributed by atoms with E-state index in [0.717, 1.165) is 21.5 Å². The van der Waals surface area contributed by atoms with E-state index in [0.29, 0.717) is 18.7 Å². The number of carbonyl (C=O) groups excluding carboxylic acids is 1. The molecule has 0 amide bonds. The summed E-state index contributed by atoms with van der Waals surface area (Å²) in [5.74, 6) is 1.60. The van der Waals surface area contributed by atoms with Crippen LogP contribution in [0.2, 0.25) is 0 Å². The molecule has 0 saturated carbocycles. The van der Waals surface area contributed by atoms with Crippen molar-refractivity contribution in [1.29, 1.82) is 0 Å². The van der Waals surface area contributed by atoms with Crippen molar-refractivity contribution in [3.63, 3.8) is 0 Å². The maximum atomic E-state index is 12.0. The van der Waals surface area contributed by atoms with E-state index in [1.54, 1.807) is 0 Å². The number of fused-ring (bicyclic) bond motifs is 1. The minimum atomic E-state index is 0.0724. The molecule has 0 aliphatic carbocycles. The number of hydrogen-bond donors (Lipinski definition) is 1. The van der Waals surface area contributed by atoms with Crippen molar-refractivity contribution in [2.24, 2.45) is 0 Å². The zero-order chi connectivity index (χ0) is 14.7. The highest BCUT2D eigenvalue weighted by Gasteiger charge is 2.13. The van der Waals surface area contributed by atoms with Crippen LogP contribution < -0.4 is 14.8 Å². The van der Waals surface area contributed by atoms with Crippen molar-refractivity contribution in [2.75, 3.05) is 13.3 Å². The van der Waals surface area contributed by atoms with Crippen molar-refractivity contribution in [3.8, 4) is 11.5 Å². The van der Waals surface area contributed by atoms with Crippen molar-refractivity contribution in [3.05, 3.63) is 58.1 Å². The monoisotopic (exact) mass is 347 g/mol. The van der Waals surface area contributed by atoms with Crippen LogP contribution in [0.1, 0.15) is 15.9 Å². The van der Waals surface area contributed by atoms with Gasteiger partial charge in [0.25, 0.3) is 0 Å². The normalized spacial score (nSPS) is 12.4. The van der Waals surface area contributed by atoms with Gasteiger partial charge in [-0.15, -0.1) is 0 Å². The number of halogens is 1. The van der Waals surface area contributed by atoms with Gasteiger partial charge in [-0.1, -0.05) is 34.1 Å². The molecule has 0 aromatic heterocycles. The third-order valence-corrected chi connectivity index (χ3v) is 3.75. The Bertz CT molecular complexity index is 655. The molecule has 0 radical (unpaired) electrons. The van der Waals surface area contributed by atoms with Crippen molar-refractivity contribution < 1.29 is 14.3 Å². The van der Waals surface area contributed by atoms with Crippen LogP contribution >= 0.6 is 15.9 Å². The van der Waals surface area contributed by atoms with Crippen LogP contribution in [0, 0.1) is 0 Å². The Balaban J connectivity index is 1.54. The van der Waals surface area contributed by atoms with Gasteiger partial charge in [0.05, 0.1) is 6.54 Å². The maximum absolute atomic E-state index is 12.0. The van der Waals surface area contributed by atoms with E-state index in [4.69, 9.17) is 9.47 Å². The van der Waals surface area contributed by atoms with Crippen LogP contribution in [0.4, 0.5) is 0 Å². The van der Waals surface area contributed by atoms with Gasteiger partial charge in [-0.2, -0.15) is 0 Å². The molecular weight excluding hydrogens is 334 g/mol. The zero-order valence-corrected chi connectivity index (χ0v) is 12.9. The van der Waals surface area contributed by atoms with Gasteiger partial charge in [0.1, 0.15) is 0 Å². The van der Waals surface area contributed by atoms with Crippen LogP contribution in [0.25, 0.3) is 0 Å². The van der Waals surface area contributed by atoms with Gasteiger partial charge in [0.15, 0.2) is 17.3 Å². The lowest BCUT2D eigenvalue weighted by Gasteiger charge is -2.06. The average Bonchev–Trinajstić information content (AvgIpc) is 2.95. The predicted octanol–water partition coefficient (Wildman–Crippen LogP) is 3.15. The summed E-state index contributed by atoms with van der Waals surface area (Å²) in [5, 5.41) is 3.15. The summed E-state index contributed by atoms with van der Waals surface area (Å²) >= 11 is 3.35. The Morgan fingerprint density at radius 3 is 2.67 bits per heavy atom. The second kappa shape index (κ2) is 6.28. The van der Waals surface area contributed by atoms with E-state index in [-0.39, 0.29) is 12.6 Å². The van der Waals surface area contributed by atoms with Gasteiger partial charge in [-0.3, -0.25) is 4.79 Å². The van der Waals surface area contributed by atoms with E-state index in [1.807, 2.05) is 42.5 Å². The minimum Gasteiger partial charge on any atom is -0.454 e.